The van der Waals surface area contributed by atoms with E-state index in [9.17, 15) is 4.79 Å². The van der Waals surface area contributed by atoms with Gasteiger partial charge in [-0.25, -0.2) is 0 Å². The summed E-state index contributed by atoms with van der Waals surface area (Å²) in [5.74, 6) is -0.196. The summed E-state index contributed by atoms with van der Waals surface area (Å²) in [7, 11) is 0. The number of anilines is 1. The fourth-order valence-electron chi connectivity index (χ4n) is 2.17. The lowest BCUT2D eigenvalue weighted by Crippen LogP contribution is -2.33. The Morgan fingerprint density at radius 2 is 1.81 bits per heavy atom. The molecular weight excluding hydrogens is 454 g/mol. The Labute approximate surface area is 180 Å². The fourth-order valence-corrected chi connectivity index (χ4v) is 4.18. The molecule has 0 unspecified atom stereocenters. The van der Waals surface area contributed by atoms with Crippen LogP contribution in [-0.2, 0) is 4.79 Å². The number of thiocarbonyl (C=S) groups is 1. The Kier molecular flexibility index (Phi) is 6.38. The number of nitrogens with zero attached hydrogens (tertiary/aromatic N) is 1. The lowest BCUT2D eigenvalue weighted by Gasteiger charge is -2.16. The molecule has 134 valence electrons. The summed E-state index contributed by atoms with van der Waals surface area (Å²) in [5.41, 5.74) is 1.44. The number of nitrogens with one attached hydrogen (secondary N) is 1. The molecule has 0 aliphatic carbocycles. The third-order valence-corrected chi connectivity index (χ3v) is 6.16. The molecule has 1 amide bonds. The van der Waals surface area contributed by atoms with Crippen LogP contribution in [0.4, 0.5) is 5.69 Å². The maximum Gasteiger partial charge on any atom is 0.267 e. The first-order chi connectivity index (χ1) is 12.3. The number of hydrogen-bond acceptors (Lipinski definition) is 4. The predicted octanol–water partition coefficient (Wildman–Crippen LogP) is 6.57. The molecule has 1 saturated heterocycles. The van der Waals surface area contributed by atoms with Crippen molar-refractivity contribution in [1.29, 1.82) is 0 Å². The van der Waals surface area contributed by atoms with E-state index in [2.05, 4.69) is 5.32 Å². The van der Waals surface area contributed by atoms with Crippen molar-refractivity contribution in [2.75, 3.05) is 12.0 Å². The summed E-state index contributed by atoms with van der Waals surface area (Å²) in [6.45, 7) is 0.217. The molecule has 1 N–H and O–H groups in total. The molecule has 2 aromatic carbocycles. The molecule has 0 spiro atoms. The number of amides is 1. The van der Waals surface area contributed by atoms with E-state index < -0.39 is 0 Å². The molecule has 1 heterocycles. The molecule has 1 aliphatic rings. The molecular formula is C17H10Cl4N2OS2. The minimum Gasteiger partial charge on any atom is -0.367 e. The Morgan fingerprint density at radius 3 is 2.50 bits per heavy atom. The molecule has 0 radical (unpaired) electrons. The van der Waals surface area contributed by atoms with Crippen LogP contribution in [0.3, 0.4) is 0 Å². The molecule has 9 heteroatoms. The van der Waals surface area contributed by atoms with Crippen molar-refractivity contribution in [2.45, 2.75) is 0 Å². The van der Waals surface area contributed by atoms with Crippen LogP contribution < -0.4 is 5.32 Å². The largest absolute Gasteiger partial charge is 0.367 e. The zero-order chi connectivity index (χ0) is 18.8. The lowest BCUT2D eigenvalue weighted by atomic mass is 10.2. The van der Waals surface area contributed by atoms with Gasteiger partial charge in [-0.1, -0.05) is 76.4 Å². The summed E-state index contributed by atoms with van der Waals surface area (Å²) < 4.78 is 0.457. The molecule has 1 aliphatic heterocycles. The van der Waals surface area contributed by atoms with Gasteiger partial charge >= 0.3 is 0 Å². The highest BCUT2D eigenvalue weighted by atomic mass is 35.5. The van der Waals surface area contributed by atoms with Crippen LogP contribution in [0.5, 0.6) is 0 Å². The number of hydrogen-bond donors (Lipinski definition) is 1. The van der Waals surface area contributed by atoms with Crippen molar-refractivity contribution < 1.29 is 4.79 Å². The maximum absolute atomic E-state index is 12.6. The van der Waals surface area contributed by atoms with Crippen LogP contribution in [0.2, 0.25) is 20.1 Å². The third kappa shape index (κ3) is 4.47. The van der Waals surface area contributed by atoms with Gasteiger partial charge in [0.1, 0.15) is 4.32 Å². The Balaban J connectivity index is 1.74. The van der Waals surface area contributed by atoms with Gasteiger partial charge in [0.2, 0.25) is 0 Å². The second-order valence-electron chi connectivity index (χ2n) is 5.24. The van der Waals surface area contributed by atoms with Crippen LogP contribution in [0.25, 0.3) is 6.08 Å². The topological polar surface area (TPSA) is 32.3 Å². The molecule has 2 aromatic rings. The van der Waals surface area contributed by atoms with E-state index in [1.54, 1.807) is 42.5 Å². The molecule has 3 nitrogen and oxygen atoms in total. The van der Waals surface area contributed by atoms with Gasteiger partial charge in [-0.2, -0.15) is 0 Å². The van der Waals surface area contributed by atoms with Crippen molar-refractivity contribution in [2.24, 2.45) is 0 Å². The molecule has 26 heavy (non-hydrogen) atoms. The number of carbonyl (C=O) groups is 1. The van der Waals surface area contributed by atoms with Gasteiger partial charge in [0.05, 0.1) is 21.6 Å². The van der Waals surface area contributed by atoms with Crippen LogP contribution in [0.1, 0.15) is 5.56 Å². The maximum atomic E-state index is 12.6. The van der Waals surface area contributed by atoms with Gasteiger partial charge in [-0.3, -0.25) is 9.69 Å². The first-order valence-electron chi connectivity index (χ1n) is 7.24. The van der Waals surface area contributed by atoms with E-state index in [1.807, 2.05) is 0 Å². The van der Waals surface area contributed by atoms with Crippen LogP contribution in [0.15, 0.2) is 41.3 Å². The molecule has 0 bridgehead atoms. The van der Waals surface area contributed by atoms with Gasteiger partial charge in [0, 0.05) is 15.7 Å². The van der Waals surface area contributed by atoms with E-state index in [-0.39, 0.29) is 12.6 Å². The first kappa shape index (κ1) is 19.8. The second-order valence-corrected chi connectivity index (χ2v) is 8.57. The SMILES string of the molecule is O=C1/C(=C/c2ccc(Cl)cc2Cl)SC(=S)N1CNc1ccc(Cl)c(Cl)c1. The second kappa shape index (κ2) is 8.38. The monoisotopic (exact) mass is 462 g/mol. The quantitative estimate of drug-likeness (QED) is 0.410. The average molecular weight is 464 g/mol. The van der Waals surface area contributed by atoms with Crippen molar-refractivity contribution in [3.8, 4) is 0 Å². The Bertz CT molecular complexity index is 933. The van der Waals surface area contributed by atoms with Gasteiger partial charge in [-0.05, 0) is 42.0 Å². The van der Waals surface area contributed by atoms with Gasteiger partial charge in [0.15, 0.2) is 0 Å². The predicted molar refractivity (Wildman–Crippen MR) is 116 cm³/mol. The zero-order valence-corrected chi connectivity index (χ0v) is 17.6. The summed E-state index contributed by atoms with van der Waals surface area (Å²) in [4.78, 5) is 14.6. The zero-order valence-electron chi connectivity index (χ0n) is 12.9. The van der Waals surface area contributed by atoms with E-state index in [1.165, 1.54) is 16.7 Å². The number of halogens is 4. The van der Waals surface area contributed by atoms with Crippen molar-refractivity contribution >= 4 is 92.4 Å². The highest BCUT2D eigenvalue weighted by Crippen LogP contribution is 2.34. The molecule has 1 fully saturated rings. The van der Waals surface area contributed by atoms with E-state index in [4.69, 9.17) is 58.6 Å². The van der Waals surface area contributed by atoms with E-state index >= 15 is 0 Å². The average Bonchev–Trinajstić information content (AvgIpc) is 2.85. The summed E-state index contributed by atoms with van der Waals surface area (Å²) >= 11 is 30.5. The lowest BCUT2D eigenvalue weighted by molar-refractivity contribution is -0.121. The molecule has 0 aromatic heterocycles. The van der Waals surface area contributed by atoms with E-state index in [0.717, 1.165) is 5.69 Å². The highest BCUT2D eigenvalue weighted by Gasteiger charge is 2.31. The number of benzene rings is 2. The Morgan fingerprint density at radius 1 is 1.04 bits per heavy atom. The van der Waals surface area contributed by atoms with Crippen LogP contribution in [-0.4, -0.2) is 21.8 Å². The third-order valence-electron chi connectivity index (χ3n) is 3.48. The summed E-state index contributed by atoms with van der Waals surface area (Å²) in [6, 6.07) is 10.2. The summed E-state index contributed by atoms with van der Waals surface area (Å²) in [6.07, 6.45) is 1.71. The van der Waals surface area contributed by atoms with Gasteiger partial charge < -0.3 is 5.32 Å². The smallest absolute Gasteiger partial charge is 0.267 e. The Hall–Kier alpha value is -0.950. The first-order valence-corrected chi connectivity index (χ1v) is 9.98. The van der Waals surface area contributed by atoms with Crippen molar-refractivity contribution in [1.82, 2.24) is 4.90 Å². The van der Waals surface area contributed by atoms with Gasteiger partial charge in [-0.15, -0.1) is 0 Å². The molecule has 0 saturated carbocycles. The van der Waals surface area contributed by atoms with Crippen LogP contribution >= 0.6 is 70.4 Å². The minimum atomic E-state index is -0.196. The minimum absolute atomic E-state index is 0.196. The molecule has 3 rings (SSSR count). The number of thioether (sulfide) groups is 1. The summed E-state index contributed by atoms with van der Waals surface area (Å²) in [5, 5.41) is 5.00. The fraction of sp³-hybridized carbons (Fsp3) is 0.0588. The van der Waals surface area contributed by atoms with Gasteiger partial charge in [0.25, 0.3) is 5.91 Å². The highest BCUT2D eigenvalue weighted by molar-refractivity contribution is 8.26. The standard InChI is InChI=1S/C17H10Cl4N2OS2/c18-10-2-1-9(13(20)6-10)5-15-16(24)23(17(25)26-15)8-22-11-3-4-12(19)14(21)7-11/h1-7,22H,8H2/b15-5-. The van der Waals surface area contributed by atoms with Crippen molar-refractivity contribution in [3.05, 3.63) is 67.0 Å². The number of carbonyl (C=O) groups excluding carboxylic acids is 1. The van der Waals surface area contributed by atoms with Crippen molar-refractivity contribution in [3.63, 3.8) is 0 Å². The van der Waals surface area contributed by atoms with E-state index in [0.29, 0.717) is 34.9 Å². The van der Waals surface area contributed by atoms with Crippen LogP contribution in [0, 0.1) is 0 Å². The normalized spacial score (nSPS) is 15.8. The molecule has 0 atom stereocenters. The number of rotatable bonds is 4.